The molecule has 1 atom stereocenters. The number of hydrogen-bond acceptors (Lipinski definition) is 6. The highest BCUT2D eigenvalue weighted by Crippen LogP contribution is 2.20. The summed E-state index contributed by atoms with van der Waals surface area (Å²) in [4.78, 5) is 25.7. The van der Waals surface area contributed by atoms with Gasteiger partial charge in [-0.2, -0.15) is 11.8 Å². The van der Waals surface area contributed by atoms with Crippen molar-refractivity contribution in [1.82, 2.24) is 15.5 Å². The van der Waals surface area contributed by atoms with Crippen molar-refractivity contribution in [2.45, 2.75) is 32.4 Å². The lowest BCUT2D eigenvalue weighted by atomic mass is 10.1. The SMILES string of the molecule is COc1ccc(C(CNC(=O)CSCCNC(=O)OC(C)(C)C)N(C)C)cc1. The normalized spacial score (nSPS) is 12.4. The first-order valence-corrected chi connectivity index (χ1v) is 10.4. The number of rotatable bonds is 10. The Kier molecular flexibility index (Phi) is 10.2. The Morgan fingerprint density at radius 2 is 1.79 bits per heavy atom. The van der Waals surface area contributed by atoms with Crippen molar-refractivity contribution in [3.8, 4) is 5.75 Å². The molecule has 0 heterocycles. The van der Waals surface area contributed by atoms with Gasteiger partial charge < -0.3 is 25.0 Å². The van der Waals surface area contributed by atoms with Gasteiger partial charge in [-0.15, -0.1) is 0 Å². The summed E-state index contributed by atoms with van der Waals surface area (Å²) in [6.07, 6.45) is -0.439. The molecule has 2 N–H and O–H groups in total. The van der Waals surface area contributed by atoms with E-state index in [9.17, 15) is 9.59 Å². The average molecular weight is 412 g/mol. The average Bonchev–Trinajstić information content (AvgIpc) is 2.60. The topological polar surface area (TPSA) is 79.9 Å². The van der Waals surface area contributed by atoms with Crippen molar-refractivity contribution in [3.63, 3.8) is 0 Å². The zero-order valence-corrected chi connectivity index (χ0v) is 18.5. The van der Waals surface area contributed by atoms with E-state index in [2.05, 4.69) is 15.5 Å². The van der Waals surface area contributed by atoms with Gasteiger partial charge in [0.1, 0.15) is 11.4 Å². The molecule has 1 rings (SSSR count). The molecule has 7 nitrogen and oxygen atoms in total. The van der Waals surface area contributed by atoms with Crippen LogP contribution in [-0.4, -0.2) is 68.3 Å². The molecular weight excluding hydrogens is 378 g/mol. The van der Waals surface area contributed by atoms with Crippen LogP contribution in [0.15, 0.2) is 24.3 Å². The summed E-state index contributed by atoms with van der Waals surface area (Å²) >= 11 is 1.47. The molecule has 1 aromatic rings. The number of nitrogens with zero attached hydrogens (tertiary/aromatic N) is 1. The lowest BCUT2D eigenvalue weighted by Gasteiger charge is -2.25. The van der Waals surface area contributed by atoms with E-state index in [1.807, 2.05) is 59.1 Å². The highest BCUT2D eigenvalue weighted by atomic mass is 32.2. The Morgan fingerprint density at radius 3 is 2.32 bits per heavy atom. The Morgan fingerprint density at radius 1 is 1.14 bits per heavy atom. The van der Waals surface area contributed by atoms with Crippen LogP contribution in [0.25, 0.3) is 0 Å². The van der Waals surface area contributed by atoms with E-state index in [0.717, 1.165) is 11.3 Å². The maximum absolute atomic E-state index is 12.1. The van der Waals surface area contributed by atoms with Crippen LogP contribution in [0.3, 0.4) is 0 Å². The summed E-state index contributed by atoms with van der Waals surface area (Å²) in [5.74, 6) is 1.77. The summed E-state index contributed by atoms with van der Waals surface area (Å²) in [6, 6.07) is 7.93. The van der Waals surface area contributed by atoms with Crippen LogP contribution in [0.5, 0.6) is 5.75 Å². The molecule has 0 aliphatic carbocycles. The van der Waals surface area contributed by atoms with Crippen molar-refractivity contribution in [3.05, 3.63) is 29.8 Å². The number of methoxy groups -OCH3 is 1. The first kappa shape index (κ1) is 24.1. The number of benzene rings is 1. The van der Waals surface area contributed by atoms with Crippen molar-refractivity contribution in [2.75, 3.05) is 45.8 Å². The fourth-order valence-electron chi connectivity index (χ4n) is 2.39. The fourth-order valence-corrected chi connectivity index (χ4v) is 3.07. The minimum Gasteiger partial charge on any atom is -0.497 e. The van der Waals surface area contributed by atoms with Gasteiger partial charge in [-0.05, 0) is 52.6 Å². The van der Waals surface area contributed by atoms with Gasteiger partial charge in [-0.25, -0.2) is 4.79 Å². The second kappa shape index (κ2) is 11.8. The van der Waals surface area contributed by atoms with Crippen molar-refractivity contribution >= 4 is 23.8 Å². The molecule has 0 saturated carbocycles. The van der Waals surface area contributed by atoms with Crippen LogP contribution >= 0.6 is 11.8 Å². The molecule has 0 bridgehead atoms. The number of carbonyl (C=O) groups excluding carboxylic acids is 2. The maximum Gasteiger partial charge on any atom is 0.407 e. The summed E-state index contributed by atoms with van der Waals surface area (Å²) < 4.78 is 10.3. The molecule has 0 fully saturated rings. The van der Waals surface area contributed by atoms with Gasteiger partial charge >= 0.3 is 6.09 Å². The van der Waals surface area contributed by atoms with Crippen molar-refractivity contribution in [1.29, 1.82) is 0 Å². The van der Waals surface area contributed by atoms with E-state index < -0.39 is 11.7 Å². The van der Waals surface area contributed by atoms with Crippen LogP contribution in [-0.2, 0) is 9.53 Å². The van der Waals surface area contributed by atoms with Gasteiger partial charge in [0, 0.05) is 18.8 Å². The maximum atomic E-state index is 12.1. The number of nitrogens with one attached hydrogen (secondary N) is 2. The molecule has 1 aromatic carbocycles. The Labute approximate surface area is 172 Å². The monoisotopic (exact) mass is 411 g/mol. The molecule has 0 aliphatic heterocycles. The van der Waals surface area contributed by atoms with E-state index >= 15 is 0 Å². The summed E-state index contributed by atoms with van der Waals surface area (Å²) in [5.41, 5.74) is 0.601. The third-order valence-electron chi connectivity index (χ3n) is 3.76. The second-order valence-electron chi connectivity index (χ2n) is 7.54. The number of alkyl carbamates (subject to hydrolysis) is 1. The number of amides is 2. The smallest absolute Gasteiger partial charge is 0.407 e. The molecule has 2 amide bonds. The van der Waals surface area contributed by atoms with Crippen LogP contribution in [0.2, 0.25) is 0 Å². The van der Waals surface area contributed by atoms with E-state index in [0.29, 0.717) is 24.6 Å². The second-order valence-corrected chi connectivity index (χ2v) is 8.64. The van der Waals surface area contributed by atoms with Gasteiger partial charge in [0.2, 0.25) is 5.91 Å². The van der Waals surface area contributed by atoms with Crippen molar-refractivity contribution < 1.29 is 19.1 Å². The molecule has 1 unspecified atom stereocenters. The zero-order chi connectivity index (χ0) is 21.2. The van der Waals surface area contributed by atoms with Crippen LogP contribution in [0, 0.1) is 0 Å². The van der Waals surface area contributed by atoms with Crippen LogP contribution in [0.1, 0.15) is 32.4 Å². The first-order chi connectivity index (χ1) is 13.1. The highest BCUT2D eigenvalue weighted by molar-refractivity contribution is 7.99. The number of thioether (sulfide) groups is 1. The van der Waals surface area contributed by atoms with Gasteiger partial charge in [-0.1, -0.05) is 12.1 Å². The van der Waals surface area contributed by atoms with E-state index in [1.54, 1.807) is 7.11 Å². The van der Waals surface area contributed by atoms with Gasteiger partial charge in [0.05, 0.1) is 18.9 Å². The van der Waals surface area contributed by atoms with Crippen LogP contribution in [0.4, 0.5) is 4.79 Å². The molecule has 0 spiro atoms. The summed E-state index contributed by atoms with van der Waals surface area (Å²) in [7, 11) is 5.61. The van der Waals surface area contributed by atoms with E-state index in [1.165, 1.54) is 11.8 Å². The largest absolute Gasteiger partial charge is 0.497 e. The van der Waals surface area contributed by atoms with E-state index in [4.69, 9.17) is 9.47 Å². The Bertz CT molecular complexity index is 615. The fraction of sp³-hybridized carbons (Fsp3) is 0.600. The lowest BCUT2D eigenvalue weighted by Crippen LogP contribution is -2.36. The predicted molar refractivity (Wildman–Crippen MR) is 114 cm³/mol. The molecule has 0 saturated heterocycles. The molecule has 0 aromatic heterocycles. The highest BCUT2D eigenvalue weighted by Gasteiger charge is 2.16. The molecule has 158 valence electrons. The lowest BCUT2D eigenvalue weighted by molar-refractivity contribution is -0.118. The molecule has 0 radical (unpaired) electrons. The summed E-state index contributed by atoms with van der Waals surface area (Å²) in [5, 5.41) is 5.66. The van der Waals surface area contributed by atoms with Gasteiger partial charge in [-0.3, -0.25) is 4.79 Å². The minimum atomic E-state index is -0.510. The first-order valence-electron chi connectivity index (χ1n) is 9.24. The third kappa shape index (κ3) is 9.85. The van der Waals surface area contributed by atoms with Crippen LogP contribution < -0.4 is 15.4 Å². The number of likely N-dealkylation sites (N-methyl/N-ethyl adjacent to an activating group) is 1. The third-order valence-corrected chi connectivity index (χ3v) is 4.72. The molecular formula is C20H33N3O4S. The molecule has 8 heteroatoms. The zero-order valence-electron chi connectivity index (χ0n) is 17.7. The number of hydrogen-bond donors (Lipinski definition) is 2. The predicted octanol–water partition coefficient (Wildman–Crippen LogP) is 2.67. The Hall–Kier alpha value is -1.93. The standard InChI is InChI=1S/C20H33N3O4S/c1-20(2,3)27-19(25)21-11-12-28-14-18(24)22-13-17(23(4)5)15-7-9-16(26-6)10-8-15/h7-10,17H,11-14H2,1-6H3,(H,21,25)(H,22,24). The van der Waals surface area contributed by atoms with Gasteiger partial charge in [0.25, 0.3) is 0 Å². The van der Waals surface area contributed by atoms with Gasteiger partial charge in [0.15, 0.2) is 0 Å². The summed E-state index contributed by atoms with van der Waals surface area (Å²) in [6.45, 7) is 6.43. The quantitative estimate of drug-likeness (QED) is 0.576. The minimum absolute atomic E-state index is 0.0253. The Balaban J connectivity index is 2.30. The number of ether oxygens (including phenoxy) is 2. The molecule has 0 aliphatic rings. The number of carbonyl (C=O) groups is 2. The van der Waals surface area contributed by atoms with Crippen molar-refractivity contribution in [2.24, 2.45) is 0 Å². The molecule has 28 heavy (non-hydrogen) atoms. The van der Waals surface area contributed by atoms with E-state index in [-0.39, 0.29) is 11.9 Å².